The predicted molar refractivity (Wildman–Crippen MR) is 73.7 cm³/mol. The van der Waals surface area contributed by atoms with Crippen molar-refractivity contribution < 1.29 is 0 Å². The molecule has 0 aliphatic carbocycles. The number of likely N-dealkylation sites (tertiary alicyclic amines) is 1. The molecule has 1 saturated heterocycles. The number of hydrogen-bond acceptors (Lipinski definition) is 4. The second kappa shape index (κ2) is 4.90. The summed E-state index contributed by atoms with van der Waals surface area (Å²) in [4.78, 5) is 11.0. The van der Waals surface area contributed by atoms with Gasteiger partial charge in [-0.05, 0) is 38.6 Å². The van der Waals surface area contributed by atoms with E-state index in [-0.39, 0.29) is 0 Å². The summed E-state index contributed by atoms with van der Waals surface area (Å²) in [5.41, 5.74) is 0.995. The summed E-state index contributed by atoms with van der Waals surface area (Å²) in [6.45, 7) is 2.16. The van der Waals surface area contributed by atoms with Crippen LogP contribution in [-0.4, -0.2) is 41.0 Å². The van der Waals surface area contributed by atoms with Crippen LogP contribution in [0.5, 0.6) is 0 Å². The van der Waals surface area contributed by atoms with Gasteiger partial charge in [0, 0.05) is 18.0 Å². The summed E-state index contributed by atoms with van der Waals surface area (Å²) in [6.07, 6.45) is 4.20. The third-order valence-electron chi connectivity index (χ3n) is 3.72. The van der Waals surface area contributed by atoms with Crippen molar-refractivity contribution in [1.29, 1.82) is 0 Å². The van der Waals surface area contributed by atoms with Gasteiger partial charge < -0.3 is 10.2 Å². The van der Waals surface area contributed by atoms with Gasteiger partial charge in [-0.15, -0.1) is 0 Å². The van der Waals surface area contributed by atoms with E-state index in [4.69, 9.17) is 0 Å². The van der Waals surface area contributed by atoms with Crippen LogP contribution in [0.2, 0.25) is 0 Å². The Balaban J connectivity index is 1.78. The van der Waals surface area contributed by atoms with Crippen LogP contribution < -0.4 is 5.32 Å². The highest BCUT2D eigenvalue weighted by atomic mass is 15.2. The number of rotatable bonds is 3. The van der Waals surface area contributed by atoms with E-state index >= 15 is 0 Å². The van der Waals surface area contributed by atoms with Gasteiger partial charge in [-0.25, -0.2) is 9.97 Å². The molecule has 1 N–H and O–H groups in total. The van der Waals surface area contributed by atoms with E-state index in [1.54, 1.807) is 6.33 Å². The van der Waals surface area contributed by atoms with Crippen LogP contribution in [0.15, 0.2) is 30.6 Å². The highest BCUT2D eigenvalue weighted by Crippen LogP contribution is 2.20. The van der Waals surface area contributed by atoms with Gasteiger partial charge in [0.05, 0.1) is 5.52 Å². The zero-order valence-corrected chi connectivity index (χ0v) is 10.6. The van der Waals surface area contributed by atoms with E-state index in [1.807, 2.05) is 18.2 Å². The van der Waals surface area contributed by atoms with Gasteiger partial charge >= 0.3 is 0 Å². The minimum atomic E-state index is 0.624. The fourth-order valence-electron chi connectivity index (χ4n) is 2.60. The Bertz CT molecular complexity index is 535. The number of anilines is 1. The highest BCUT2D eigenvalue weighted by molar-refractivity contribution is 5.88. The Labute approximate surface area is 107 Å². The molecule has 1 aromatic carbocycles. The first-order valence-corrected chi connectivity index (χ1v) is 6.48. The second-order valence-electron chi connectivity index (χ2n) is 4.90. The van der Waals surface area contributed by atoms with Gasteiger partial charge in [-0.2, -0.15) is 0 Å². The van der Waals surface area contributed by atoms with Crippen molar-refractivity contribution in [3.8, 4) is 0 Å². The van der Waals surface area contributed by atoms with Crippen molar-refractivity contribution in [3.63, 3.8) is 0 Å². The highest BCUT2D eigenvalue weighted by Gasteiger charge is 2.20. The van der Waals surface area contributed by atoms with Crippen LogP contribution >= 0.6 is 0 Å². The van der Waals surface area contributed by atoms with E-state index in [1.165, 1.54) is 19.4 Å². The second-order valence-corrected chi connectivity index (χ2v) is 4.90. The maximum atomic E-state index is 4.35. The first-order valence-electron chi connectivity index (χ1n) is 6.48. The zero-order valence-electron chi connectivity index (χ0n) is 10.6. The van der Waals surface area contributed by atoms with Crippen molar-refractivity contribution in [2.24, 2.45) is 0 Å². The maximum absolute atomic E-state index is 4.35. The van der Waals surface area contributed by atoms with Crippen LogP contribution in [0.1, 0.15) is 12.8 Å². The van der Waals surface area contributed by atoms with Gasteiger partial charge in [0.1, 0.15) is 12.1 Å². The molecule has 1 aliphatic rings. The number of aromatic nitrogens is 2. The molecule has 4 heteroatoms. The Kier molecular flexibility index (Phi) is 3.11. The molecule has 1 aromatic heterocycles. The molecule has 1 unspecified atom stereocenters. The normalized spacial score (nSPS) is 20.4. The van der Waals surface area contributed by atoms with Crippen LogP contribution in [0.4, 0.5) is 5.82 Å². The lowest BCUT2D eigenvalue weighted by molar-refractivity contribution is 0.322. The Hall–Kier alpha value is -1.68. The molecule has 0 bridgehead atoms. The van der Waals surface area contributed by atoms with E-state index in [0.29, 0.717) is 6.04 Å². The number of nitrogens with one attached hydrogen (secondary N) is 1. The van der Waals surface area contributed by atoms with Crippen molar-refractivity contribution in [1.82, 2.24) is 14.9 Å². The lowest BCUT2D eigenvalue weighted by Crippen LogP contribution is -2.31. The predicted octanol–water partition coefficient (Wildman–Crippen LogP) is 2.14. The zero-order chi connectivity index (χ0) is 12.4. The molecule has 0 radical (unpaired) electrons. The lowest BCUT2D eigenvalue weighted by Gasteiger charge is -2.20. The fourth-order valence-corrected chi connectivity index (χ4v) is 2.60. The fraction of sp³-hybridized carbons (Fsp3) is 0.429. The summed E-state index contributed by atoms with van der Waals surface area (Å²) in [5.74, 6) is 0.945. The number of fused-ring (bicyclic) bond motifs is 1. The number of para-hydroxylation sites is 1. The molecule has 1 fully saturated rings. The summed E-state index contributed by atoms with van der Waals surface area (Å²) in [7, 11) is 2.19. The molecule has 0 amide bonds. The van der Waals surface area contributed by atoms with Gasteiger partial charge in [0.25, 0.3) is 0 Å². The third-order valence-corrected chi connectivity index (χ3v) is 3.72. The van der Waals surface area contributed by atoms with E-state index in [9.17, 15) is 0 Å². The molecule has 2 heterocycles. The average molecular weight is 242 g/mol. The molecule has 4 nitrogen and oxygen atoms in total. The molecule has 18 heavy (non-hydrogen) atoms. The average Bonchev–Trinajstić information content (AvgIpc) is 2.82. The molecular formula is C14H18N4. The molecular weight excluding hydrogens is 224 g/mol. The van der Waals surface area contributed by atoms with Crippen molar-refractivity contribution in [3.05, 3.63) is 30.6 Å². The van der Waals surface area contributed by atoms with Gasteiger partial charge in [-0.1, -0.05) is 12.1 Å². The van der Waals surface area contributed by atoms with Crippen molar-refractivity contribution in [2.75, 3.05) is 25.5 Å². The van der Waals surface area contributed by atoms with Crippen LogP contribution in [0, 0.1) is 0 Å². The minimum Gasteiger partial charge on any atom is -0.368 e. The summed E-state index contributed by atoms with van der Waals surface area (Å²) in [5, 5.41) is 4.57. The maximum Gasteiger partial charge on any atom is 0.137 e. The van der Waals surface area contributed by atoms with Crippen LogP contribution in [-0.2, 0) is 0 Å². The Morgan fingerprint density at radius 3 is 3.06 bits per heavy atom. The smallest absolute Gasteiger partial charge is 0.137 e. The molecule has 2 aromatic rings. The van der Waals surface area contributed by atoms with Crippen LogP contribution in [0.25, 0.3) is 10.9 Å². The van der Waals surface area contributed by atoms with E-state index < -0.39 is 0 Å². The molecule has 3 rings (SSSR count). The molecule has 1 aliphatic heterocycles. The first kappa shape index (κ1) is 11.4. The molecule has 1 atom stereocenters. The number of benzene rings is 1. The van der Waals surface area contributed by atoms with E-state index in [2.05, 4.69) is 33.3 Å². The largest absolute Gasteiger partial charge is 0.368 e. The summed E-state index contributed by atoms with van der Waals surface area (Å²) >= 11 is 0. The Morgan fingerprint density at radius 2 is 2.22 bits per heavy atom. The monoisotopic (exact) mass is 242 g/mol. The van der Waals surface area contributed by atoms with Gasteiger partial charge in [-0.3, -0.25) is 0 Å². The number of likely N-dealkylation sites (N-methyl/N-ethyl adjacent to an activating group) is 1. The minimum absolute atomic E-state index is 0.624. The van der Waals surface area contributed by atoms with Crippen molar-refractivity contribution in [2.45, 2.75) is 18.9 Å². The van der Waals surface area contributed by atoms with Gasteiger partial charge in [0.15, 0.2) is 0 Å². The lowest BCUT2D eigenvalue weighted by atomic mass is 10.2. The Morgan fingerprint density at radius 1 is 1.33 bits per heavy atom. The molecule has 0 spiro atoms. The topological polar surface area (TPSA) is 41.0 Å². The van der Waals surface area contributed by atoms with Crippen molar-refractivity contribution >= 4 is 16.7 Å². The number of hydrogen-bond donors (Lipinski definition) is 1. The first-order chi connectivity index (χ1) is 8.84. The summed E-state index contributed by atoms with van der Waals surface area (Å²) < 4.78 is 0. The SMILES string of the molecule is CN1CCCC1CNc1ncnc2ccccc12. The standard InChI is InChI=1S/C14H18N4/c1-18-8-4-5-11(18)9-15-14-12-6-2-3-7-13(12)16-10-17-14/h2-3,6-7,10-11H,4-5,8-9H2,1H3,(H,15,16,17). The van der Waals surface area contributed by atoms with E-state index in [0.717, 1.165) is 23.3 Å². The third kappa shape index (κ3) is 2.16. The summed E-state index contributed by atoms with van der Waals surface area (Å²) in [6, 6.07) is 8.74. The molecule has 0 saturated carbocycles. The quantitative estimate of drug-likeness (QED) is 0.895. The van der Waals surface area contributed by atoms with Crippen LogP contribution in [0.3, 0.4) is 0 Å². The number of nitrogens with zero attached hydrogens (tertiary/aromatic N) is 3. The molecule has 94 valence electrons. The van der Waals surface area contributed by atoms with Gasteiger partial charge in [0.2, 0.25) is 0 Å².